The molecule has 0 bridgehead atoms. The van der Waals surface area contributed by atoms with Crippen LogP contribution in [0.4, 0.5) is 8.78 Å². The number of benzene rings is 1. The van der Waals surface area contributed by atoms with E-state index >= 15 is 0 Å². The number of hydrogen-bond donors (Lipinski definition) is 0. The van der Waals surface area contributed by atoms with Crippen LogP contribution in [0.2, 0.25) is 0 Å². The van der Waals surface area contributed by atoms with Gasteiger partial charge in [0.25, 0.3) is 0 Å². The lowest BCUT2D eigenvalue weighted by Crippen LogP contribution is -2.37. The van der Waals surface area contributed by atoms with Gasteiger partial charge in [0.15, 0.2) is 5.78 Å². The highest BCUT2D eigenvalue weighted by Crippen LogP contribution is 2.11. The van der Waals surface area contributed by atoms with Crippen molar-refractivity contribution in [2.24, 2.45) is 0 Å². The summed E-state index contributed by atoms with van der Waals surface area (Å²) in [7, 11) is 1.63. The molecule has 1 unspecified atom stereocenters. The molecule has 1 atom stereocenters. The zero-order chi connectivity index (χ0) is 15.1. The predicted molar refractivity (Wildman–Crippen MR) is 73.9 cm³/mol. The molecule has 0 spiro atoms. The predicted octanol–water partition coefficient (Wildman–Crippen LogP) is 2.89. The maximum Gasteiger partial charge on any atom is 0.164 e. The Hall–Kier alpha value is -1.33. The van der Waals surface area contributed by atoms with Crippen LogP contribution in [0.25, 0.3) is 0 Å². The van der Waals surface area contributed by atoms with Crippen LogP contribution in [0.1, 0.15) is 30.6 Å². The number of methoxy groups -OCH3 is 1. The van der Waals surface area contributed by atoms with E-state index < -0.39 is 11.6 Å². The first kappa shape index (κ1) is 16.7. The van der Waals surface area contributed by atoms with Crippen LogP contribution in [-0.4, -0.2) is 43.5 Å². The molecule has 1 rings (SSSR count). The molecule has 0 aromatic heterocycles. The van der Waals surface area contributed by atoms with Crippen LogP contribution in [0, 0.1) is 11.6 Å². The molecule has 0 radical (unpaired) electrons. The molecule has 5 heteroatoms. The van der Waals surface area contributed by atoms with Crippen molar-refractivity contribution < 1.29 is 18.3 Å². The van der Waals surface area contributed by atoms with Crippen molar-refractivity contribution in [1.29, 1.82) is 0 Å². The quantitative estimate of drug-likeness (QED) is 0.688. The van der Waals surface area contributed by atoms with Crippen molar-refractivity contribution >= 4 is 5.78 Å². The van der Waals surface area contributed by atoms with Crippen LogP contribution in [-0.2, 0) is 4.74 Å². The molecule has 0 aliphatic rings. The largest absolute Gasteiger partial charge is 0.383 e. The van der Waals surface area contributed by atoms with Gasteiger partial charge in [-0.2, -0.15) is 0 Å². The van der Waals surface area contributed by atoms with Crippen molar-refractivity contribution in [3.8, 4) is 0 Å². The second-order valence-corrected chi connectivity index (χ2v) is 4.76. The van der Waals surface area contributed by atoms with Crippen LogP contribution < -0.4 is 0 Å². The summed E-state index contributed by atoms with van der Waals surface area (Å²) in [5, 5.41) is 0. The SMILES string of the molecule is CCN(CCC(=O)c1cc(F)cc(F)c1)C(C)COC. The van der Waals surface area contributed by atoms with Crippen molar-refractivity contribution in [2.75, 3.05) is 26.8 Å². The summed E-state index contributed by atoms with van der Waals surface area (Å²) in [6.07, 6.45) is 0.227. The number of carbonyl (C=O) groups is 1. The summed E-state index contributed by atoms with van der Waals surface area (Å²) in [6.45, 7) is 5.92. The number of halogens is 2. The standard InChI is InChI=1S/C15H21F2NO2/c1-4-18(11(2)10-20-3)6-5-15(19)12-7-13(16)9-14(17)8-12/h7-9,11H,4-6,10H2,1-3H3. The van der Waals surface area contributed by atoms with Gasteiger partial charge in [-0.15, -0.1) is 0 Å². The number of carbonyl (C=O) groups excluding carboxylic acids is 1. The summed E-state index contributed by atoms with van der Waals surface area (Å²) in [4.78, 5) is 14.1. The van der Waals surface area contributed by atoms with Gasteiger partial charge in [-0.25, -0.2) is 8.78 Å². The highest BCUT2D eigenvalue weighted by Gasteiger charge is 2.15. The van der Waals surface area contributed by atoms with Crippen LogP contribution in [0.15, 0.2) is 18.2 Å². The van der Waals surface area contributed by atoms with E-state index in [1.54, 1.807) is 7.11 Å². The Kier molecular flexibility index (Phi) is 6.75. The molecule has 0 amide bonds. The number of nitrogens with zero attached hydrogens (tertiary/aromatic N) is 1. The minimum absolute atomic E-state index is 0.0814. The van der Waals surface area contributed by atoms with Gasteiger partial charge in [0.1, 0.15) is 11.6 Å². The maximum absolute atomic E-state index is 13.1. The summed E-state index contributed by atoms with van der Waals surface area (Å²) in [5.74, 6) is -1.71. The van der Waals surface area contributed by atoms with Gasteiger partial charge < -0.3 is 4.74 Å². The third-order valence-corrected chi connectivity index (χ3v) is 3.25. The van der Waals surface area contributed by atoms with Gasteiger partial charge >= 0.3 is 0 Å². The second-order valence-electron chi connectivity index (χ2n) is 4.76. The number of ketones is 1. The Balaban J connectivity index is 2.61. The lowest BCUT2D eigenvalue weighted by atomic mass is 10.1. The maximum atomic E-state index is 13.1. The zero-order valence-corrected chi connectivity index (χ0v) is 12.2. The first-order valence-corrected chi connectivity index (χ1v) is 6.70. The monoisotopic (exact) mass is 285 g/mol. The minimum atomic E-state index is -0.728. The number of rotatable bonds is 8. The van der Waals surface area contributed by atoms with E-state index in [4.69, 9.17) is 4.74 Å². The van der Waals surface area contributed by atoms with Gasteiger partial charge in [-0.3, -0.25) is 9.69 Å². The smallest absolute Gasteiger partial charge is 0.164 e. The van der Waals surface area contributed by atoms with Crippen LogP contribution in [0.3, 0.4) is 0 Å². The van der Waals surface area contributed by atoms with Gasteiger partial charge in [0.05, 0.1) is 6.61 Å². The van der Waals surface area contributed by atoms with Crippen LogP contribution >= 0.6 is 0 Å². The van der Waals surface area contributed by atoms with Gasteiger partial charge in [0, 0.05) is 37.7 Å². The molecule has 0 N–H and O–H groups in total. The normalized spacial score (nSPS) is 12.7. The minimum Gasteiger partial charge on any atom is -0.383 e. The molecule has 0 saturated carbocycles. The molecular weight excluding hydrogens is 264 g/mol. The summed E-state index contributed by atoms with van der Waals surface area (Å²) in [5.41, 5.74) is 0.0814. The van der Waals surface area contributed by atoms with E-state index in [9.17, 15) is 13.6 Å². The number of ether oxygens (including phenoxy) is 1. The zero-order valence-electron chi connectivity index (χ0n) is 12.2. The van der Waals surface area contributed by atoms with Crippen molar-refractivity contribution in [2.45, 2.75) is 26.3 Å². The molecule has 1 aromatic rings. The molecule has 0 fully saturated rings. The Morgan fingerprint density at radius 1 is 1.30 bits per heavy atom. The van der Waals surface area contributed by atoms with Crippen molar-refractivity contribution in [3.63, 3.8) is 0 Å². The molecule has 1 aromatic carbocycles. The average Bonchev–Trinajstić information content (AvgIpc) is 2.38. The molecule has 0 aliphatic carbocycles. The van der Waals surface area contributed by atoms with E-state index in [0.29, 0.717) is 13.2 Å². The lowest BCUT2D eigenvalue weighted by molar-refractivity contribution is 0.0872. The van der Waals surface area contributed by atoms with Gasteiger partial charge in [0.2, 0.25) is 0 Å². The summed E-state index contributed by atoms with van der Waals surface area (Å²) in [6, 6.07) is 3.10. The van der Waals surface area contributed by atoms with Gasteiger partial charge in [-0.1, -0.05) is 6.92 Å². The fourth-order valence-corrected chi connectivity index (χ4v) is 2.14. The van der Waals surface area contributed by atoms with E-state index in [-0.39, 0.29) is 23.8 Å². The molecule has 20 heavy (non-hydrogen) atoms. The lowest BCUT2D eigenvalue weighted by Gasteiger charge is -2.26. The Bertz CT molecular complexity index is 431. The summed E-state index contributed by atoms with van der Waals surface area (Å²) < 4.78 is 31.2. The third kappa shape index (κ3) is 4.98. The van der Waals surface area contributed by atoms with E-state index in [1.807, 2.05) is 13.8 Å². The van der Waals surface area contributed by atoms with E-state index in [2.05, 4.69) is 4.90 Å². The molecule has 112 valence electrons. The molecule has 0 aliphatic heterocycles. The first-order chi connectivity index (χ1) is 9.47. The Labute approximate surface area is 118 Å². The first-order valence-electron chi connectivity index (χ1n) is 6.70. The molecule has 0 saturated heterocycles. The number of likely N-dealkylation sites (N-methyl/N-ethyl adjacent to an activating group) is 1. The number of hydrogen-bond acceptors (Lipinski definition) is 3. The fraction of sp³-hybridized carbons (Fsp3) is 0.533. The molecular formula is C15H21F2NO2. The van der Waals surface area contributed by atoms with Crippen molar-refractivity contribution in [1.82, 2.24) is 4.90 Å². The van der Waals surface area contributed by atoms with E-state index in [0.717, 1.165) is 24.7 Å². The third-order valence-electron chi connectivity index (χ3n) is 3.25. The van der Waals surface area contributed by atoms with Crippen LogP contribution in [0.5, 0.6) is 0 Å². The Morgan fingerprint density at radius 3 is 2.40 bits per heavy atom. The summed E-state index contributed by atoms with van der Waals surface area (Å²) >= 11 is 0. The highest BCUT2D eigenvalue weighted by atomic mass is 19.1. The number of Topliss-reactive ketones (excluding diaryl/α,β-unsaturated/α-hetero) is 1. The average molecular weight is 285 g/mol. The fourth-order valence-electron chi connectivity index (χ4n) is 2.14. The topological polar surface area (TPSA) is 29.5 Å². The van der Waals surface area contributed by atoms with E-state index in [1.165, 1.54) is 0 Å². The van der Waals surface area contributed by atoms with Crippen molar-refractivity contribution in [3.05, 3.63) is 35.4 Å². The highest BCUT2D eigenvalue weighted by molar-refractivity contribution is 5.96. The van der Waals surface area contributed by atoms with Gasteiger partial charge in [-0.05, 0) is 25.6 Å². The second kappa shape index (κ2) is 8.07. The molecule has 3 nitrogen and oxygen atoms in total. The molecule has 0 heterocycles. The Morgan fingerprint density at radius 2 is 1.90 bits per heavy atom.